The van der Waals surface area contributed by atoms with Crippen LogP contribution in [0, 0.1) is 18.7 Å². The Hall–Kier alpha value is -2.47. The van der Waals surface area contributed by atoms with E-state index in [0.717, 1.165) is 5.56 Å². The molecular weight excluding hydrogens is 323 g/mol. The van der Waals surface area contributed by atoms with Crippen LogP contribution in [0.5, 0.6) is 5.88 Å². The fourth-order valence-corrected chi connectivity index (χ4v) is 3.17. The lowest BCUT2D eigenvalue weighted by Crippen LogP contribution is -2.41. The Morgan fingerprint density at radius 1 is 1.36 bits per heavy atom. The summed E-state index contributed by atoms with van der Waals surface area (Å²) >= 11 is 0. The number of hydrogen-bond donors (Lipinski definition) is 2. The first-order valence-electron chi connectivity index (χ1n) is 8.23. The van der Waals surface area contributed by atoms with E-state index in [1.165, 1.54) is 18.2 Å². The zero-order valence-electron chi connectivity index (χ0n) is 14.2. The van der Waals surface area contributed by atoms with Crippen LogP contribution < -0.4 is 10.1 Å². The first kappa shape index (κ1) is 17.4. The van der Waals surface area contributed by atoms with Gasteiger partial charge in [-0.3, -0.25) is 4.79 Å². The highest BCUT2D eigenvalue weighted by atomic mass is 19.1. The molecule has 0 radical (unpaired) electrons. The molecule has 1 aliphatic rings. The average Bonchev–Trinajstić information content (AvgIpc) is 2.57. The van der Waals surface area contributed by atoms with Crippen LogP contribution in [0.4, 0.5) is 4.39 Å². The fourth-order valence-electron chi connectivity index (χ4n) is 3.17. The topological polar surface area (TPSA) is 71.5 Å². The Bertz CT molecular complexity index is 758. The Labute approximate surface area is 145 Å². The van der Waals surface area contributed by atoms with Crippen molar-refractivity contribution >= 4 is 5.91 Å². The minimum atomic E-state index is -0.368. The molecule has 132 valence electrons. The second-order valence-electron chi connectivity index (χ2n) is 6.43. The third-order valence-electron chi connectivity index (χ3n) is 4.67. The maximum atomic E-state index is 13.3. The van der Waals surface area contributed by atoms with Gasteiger partial charge >= 0.3 is 0 Å². The Balaban J connectivity index is 1.83. The summed E-state index contributed by atoms with van der Waals surface area (Å²) in [5.74, 6) is -0.00136. The van der Waals surface area contributed by atoms with Gasteiger partial charge in [-0.25, -0.2) is 9.37 Å². The summed E-state index contributed by atoms with van der Waals surface area (Å²) in [4.78, 5) is 16.9. The van der Waals surface area contributed by atoms with Gasteiger partial charge < -0.3 is 15.2 Å². The zero-order chi connectivity index (χ0) is 18.0. The number of pyridine rings is 1. The summed E-state index contributed by atoms with van der Waals surface area (Å²) in [5, 5.41) is 12.6. The van der Waals surface area contributed by atoms with Crippen molar-refractivity contribution < 1.29 is 19.0 Å². The number of carbonyl (C=O) groups excluding carboxylic acids is 1. The number of amides is 1. The van der Waals surface area contributed by atoms with Crippen LogP contribution in [0.3, 0.4) is 0 Å². The van der Waals surface area contributed by atoms with E-state index in [4.69, 9.17) is 4.74 Å². The number of aliphatic hydroxyl groups excluding tert-OH is 1. The monoisotopic (exact) mass is 344 g/mol. The van der Waals surface area contributed by atoms with Crippen LogP contribution in [0.1, 0.15) is 40.4 Å². The molecule has 0 bridgehead atoms. The Morgan fingerprint density at radius 2 is 2.12 bits per heavy atom. The molecule has 1 amide bonds. The van der Waals surface area contributed by atoms with Gasteiger partial charge in [0.2, 0.25) is 5.88 Å². The molecule has 5 nitrogen and oxygen atoms in total. The van der Waals surface area contributed by atoms with Crippen molar-refractivity contribution in [1.29, 1.82) is 0 Å². The molecule has 1 aromatic carbocycles. The SMILES string of the molecule is COc1ccc([C@H](NC(=O)c2ccc(F)cc2C)C2CC(O)C2)cn1. The average molecular weight is 344 g/mol. The highest BCUT2D eigenvalue weighted by Gasteiger charge is 2.36. The largest absolute Gasteiger partial charge is 0.481 e. The normalized spacial score (nSPS) is 20.5. The molecule has 3 rings (SSSR count). The van der Waals surface area contributed by atoms with Crippen LogP contribution >= 0.6 is 0 Å². The van der Waals surface area contributed by atoms with Gasteiger partial charge in [0.05, 0.1) is 19.3 Å². The summed E-state index contributed by atoms with van der Waals surface area (Å²) < 4.78 is 18.3. The number of halogens is 1. The van der Waals surface area contributed by atoms with Crippen LogP contribution in [0.2, 0.25) is 0 Å². The molecule has 0 unspecified atom stereocenters. The molecule has 0 spiro atoms. The smallest absolute Gasteiger partial charge is 0.252 e. The minimum absolute atomic E-state index is 0.134. The lowest BCUT2D eigenvalue weighted by molar-refractivity contribution is 0.0234. The number of benzene rings is 1. The third kappa shape index (κ3) is 3.79. The van der Waals surface area contributed by atoms with Crippen molar-refractivity contribution in [2.45, 2.75) is 31.9 Å². The molecule has 1 fully saturated rings. The lowest BCUT2D eigenvalue weighted by atomic mass is 9.75. The van der Waals surface area contributed by atoms with Crippen LogP contribution in [0.25, 0.3) is 0 Å². The number of nitrogens with zero attached hydrogens (tertiary/aromatic N) is 1. The van der Waals surface area contributed by atoms with Crippen molar-refractivity contribution in [2.24, 2.45) is 5.92 Å². The van der Waals surface area contributed by atoms with Crippen molar-refractivity contribution in [2.75, 3.05) is 7.11 Å². The number of nitrogens with one attached hydrogen (secondary N) is 1. The van der Waals surface area contributed by atoms with E-state index in [1.54, 1.807) is 26.3 Å². The predicted molar refractivity (Wildman–Crippen MR) is 90.9 cm³/mol. The van der Waals surface area contributed by atoms with E-state index in [9.17, 15) is 14.3 Å². The van der Waals surface area contributed by atoms with Crippen molar-refractivity contribution in [3.63, 3.8) is 0 Å². The van der Waals surface area contributed by atoms with Crippen molar-refractivity contribution in [3.05, 3.63) is 59.0 Å². The number of rotatable bonds is 5. The molecule has 1 atom stereocenters. The molecular formula is C19H21FN2O3. The molecule has 1 heterocycles. The van der Waals surface area contributed by atoms with Gasteiger partial charge in [0, 0.05) is 17.8 Å². The first-order chi connectivity index (χ1) is 12.0. The summed E-state index contributed by atoms with van der Waals surface area (Å²) in [6, 6.07) is 7.44. The Morgan fingerprint density at radius 3 is 2.68 bits per heavy atom. The number of methoxy groups -OCH3 is 1. The summed E-state index contributed by atoms with van der Waals surface area (Å²) in [6.07, 6.45) is 2.59. The van der Waals surface area contributed by atoms with Crippen LogP contribution in [-0.2, 0) is 0 Å². The number of carbonyl (C=O) groups is 1. The molecule has 0 saturated heterocycles. The number of aryl methyl sites for hydroxylation is 1. The van der Waals surface area contributed by atoms with Gasteiger partial charge in [0.1, 0.15) is 5.82 Å². The van der Waals surface area contributed by atoms with E-state index in [-0.39, 0.29) is 29.8 Å². The van der Waals surface area contributed by atoms with Gasteiger partial charge in [-0.15, -0.1) is 0 Å². The fraction of sp³-hybridized carbons (Fsp3) is 0.368. The van der Waals surface area contributed by atoms with Gasteiger partial charge in [-0.1, -0.05) is 6.07 Å². The van der Waals surface area contributed by atoms with Crippen LogP contribution in [-0.4, -0.2) is 29.2 Å². The summed E-state index contributed by atoms with van der Waals surface area (Å²) in [5.41, 5.74) is 1.87. The zero-order valence-corrected chi connectivity index (χ0v) is 14.2. The van der Waals surface area contributed by atoms with Gasteiger partial charge in [-0.05, 0) is 55.0 Å². The Kier molecular flexibility index (Phi) is 4.99. The number of aromatic nitrogens is 1. The van der Waals surface area contributed by atoms with Gasteiger partial charge in [0.25, 0.3) is 5.91 Å². The van der Waals surface area contributed by atoms with Crippen LogP contribution in [0.15, 0.2) is 36.5 Å². The number of ether oxygens (including phenoxy) is 1. The predicted octanol–water partition coefficient (Wildman–Crippen LogP) is 2.78. The lowest BCUT2D eigenvalue weighted by Gasteiger charge is -2.38. The van der Waals surface area contributed by atoms with Crippen molar-refractivity contribution in [1.82, 2.24) is 10.3 Å². The first-order valence-corrected chi connectivity index (χ1v) is 8.23. The second kappa shape index (κ2) is 7.19. The minimum Gasteiger partial charge on any atom is -0.481 e. The van der Waals surface area contributed by atoms with E-state index in [2.05, 4.69) is 10.3 Å². The summed E-state index contributed by atoms with van der Waals surface area (Å²) in [6.45, 7) is 1.70. The molecule has 0 aliphatic heterocycles. The highest BCUT2D eigenvalue weighted by Crippen LogP contribution is 2.38. The standard InChI is InChI=1S/C19H21FN2O3/c1-11-7-14(20)4-5-16(11)19(24)22-18(13-8-15(23)9-13)12-3-6-17(25-2)21-10-12/h3-7,10,13,15,18,23H,8-9H2,1-2H3,(H,22,24)/t13?,15?,18-/m0/s1. The van der Waals surface area contributed by atoms with E-state index in [0.29, 0.717) is 29.8 Å². The third-order valence-corrected chi connectivity index (χ3v) is 4.67. The summed E-state index contributed by atoms with van der Waals surface area (Å²) in [7, 11) is 1.54. The van der Waals surface area contributed by atoms with Gasteiger partial charge in [-0.2, -0.15) is 0 Å². The molecule has 25 heavy (non-hydrogen) atoms. The quantitative estimate of drug-likeness (QED) is 0.875. The molecule has 2 N–H and O–H groups in total. The number of hydrogen-bond acceptors (Lipinski definition) is 4. The maximum absolute atomic E-state index is 13.3. The second-order valence-corrected chi connectivity index (χ2v) is 6.43. The highest BCUT2D eigenvalue weighted by molar-refractivity contribution is 5.95. The molecule has 6 heteroatoms. The molecule has 1 saturated carbocycles. The van der Waals surface area contributed by atoms with Gasteiger partial charge in [0.15, 0.2) is 0 Å². The maximum Gasteiger partial charge on any atom is 0.252 e. The van der Waals surface area contributed by atoms with E-state index < -0.39 is 0 Å². The number of aliphatic hydroxyl groups is 1. The van der Waals surface area contributed by atoms with E-state index >= 15 is 0 Å². The van der Waals surface area contributed by atoms with E-state index in [1.807, 2.05) is 6.07 Å². The molecule has 1 aliphatic carbocycles. The molecule has 1 aromatic heterocycles. The van der Waals surface area contributed by atoms with Crippen molar-refractivity contribution in [3.8, 4) is 5.88 Å². The molecule has 2 aromatic rings.